The lowest BCUT2D eigenvalue weighted by molar-refractivity contribution is -0.122. The highest BCUT2D eigenvalue weighted by molar-refractivity contribution is 8.18. The Bertz CT molecular complexity index is 1700. The van der Waals surface area contributed by atoms with Crippen molar-refractivity contribution in [3.63, 3.8) is 0 Å². The van der Waals surface area contributed by atoms with Crippen molar-refractivity contribution in [3.8, 4) is 0 Å². The summed E-state index contributed by atoms with van der Waals surface area (Å²) < 4.78 is 13.0. The van der Waals surface area contributed by atoms with Crippen LogP contribution in [0.25, 0.3) is 17.0 Å². The Labute approximate surface area is 221 Å². The molecule has 0 atom stereocenters. The zero-order chi connectivity index (χ0) is 26.1. The van der Waals surface area contributed by atoms with E-state index in [9.17, 15) is 14.7 Å². The van der Waals surface area contributed by atoms with E-state index in [1.165, 1.54) is 17.8 Å². The lowest BCUT2D eigenvalue weighted by atomic mass is 10.1. The highest BCUT2D eigenvalue weighted by Crippen LogP contribution is 2.36. The monoisotopic (exact) mass is 523 g/mol. The Hall–Kier alpha value is -4.76. The quantitative estimate of drug-likeness (QED) is 0.249. The number of rotatable bonds is 7. The van der Waals surface area contributed by atoms with Gasteiger partial charge in [-0.05, 0) is 60.3 Å². The van der Waals surface area contributed by atoms with E-state index >= 15 is 0 Å². The summed E-state index contributed by atoms with van der Waals surface area (Å²) in [4.78, 5) is 31.7. The molecule has 5 aromatic rings. The van der Waals surface area contributed by atoms with Crippen LogP contribution in [0.4, 0.5) is 5.69 Å². The molecule has 8 nitrogen and oxygen atoms in total. The predicted octanol–water partition coefficient (Wildman–Crippen LogP) is 6.38. The average Bonchev–Trinajstić information content (AvgIpc) is 3.72. The average molecular weight is 524 g/mol. The number of fused-ring (bicyclic) bond motifs is 1. The maximum absolute atomic E-state index is 13.6. The minimum Gasteiger partial charge on any atom is -0.475 e. The second-order valence-corrected chi connectivity index (χ2v) is 9.62. The third-order valence-electron chi connectivity index (χ3n) is 6.07. The number of amidine groups is 1. The molecule has 9 heteroatoms. The number of para-hydroxylation sites is 2. The van der Waals surface area contributed by atoms with Crippen LogP contribution in [0.5, 0.6) is 0 Å². The van der Waals surface area contributed by atoms with Gasteiger partial charge in [0.05, 0.1) is 29.9 Å². The van der Waals surface area contributed by atoms with Gasteiger partial charge in [-0.25, -0.2) is 9.79 Å². The highest BCUT2D eigenvalue weighted by atomic mass is 32.2. The molecule has 1 saturated heterocycles. The Morgan fingerprint density at radius 1 is 0.947 bits per heavy atom. The van der Waals surface area contributed by atoms with Crippen LogP contribution >= 0.6 is 11.8 Å². The molecule has 1 N–H and O–H groups in total. The molecule has 1 aliphatic rings. The maximum Gasteiger partial charge on any atom is 0.371 e. The molecule has 0 aliphatic carbocycles. The number of aliphatic imine (C=N–C) groups is 1. The van der Waals surface area contributed by atoms with Crippen molar-refractivity contribution >= 4 is 51.5 Å². The van der Waals surface area contributed by atoms with E-state index in [0.717, 1.165) is 22.2 Å². The second-order valence-electron chi connectivity index (χ2n) is 8.61. The fourth-order valence-electron chi connectivity index (χ4n) is 4.31. The van der Waals surface area contributed by atoms with Crippen molar-refractivity contribution in [1.29, 1.82) is 0 Å². The van der Waals surface area contributed by atoms with E-state index in [0.29, 0.717) is 28.1 Å². The number of carbonyl (C=O) groups is 2. The van der Waals surface area contributed by atoms with Gasteiger partial charge in [-0.1, -0.05) is 36.4 Å². The van der Waals surface area contributed by atoms with Crippen LogP contribution < -0.4 is 0 Å². The van der Waals surface area contributed by atoms with E-state index < -0.39 is 5.97 Å². The van der Waals surface area contributed by atoms with E-state index in [4.69, 9.17) is 13.8 Å². The topological polar surface area (TPSA) is 101 Å². The summed E-state index contributed by atoms with van der Waals surface area (Å²) in [6.45, 7) is 0.622. The van der Waals surface area contributed by atoms with E-state index in [2.05, 4.69) is 0 Å². The first-order valence-corrected chi connectivity index (χ1v) is 12.6. The molecule has 38 heavy (non-hydrogen) atoms. The zero-order valence-electron chi connectivity index (χ0n) is 20.0. The van der Waals surface area contributed by atoms with Crippen LogP contribution in [0, 0.1) is 0 Å². The van der Waals surface area contributed by atoms with E-state index in [1.54, 1.807) is 23.3 Å². The van der Waals surface area contributed by atoms with Gasteiger partial charge in [-0.15, -0.1) is 0 Å². The minimum atomic E-state index is -1.11. The fourth-order valence-corrected chi connectivity index (χ4v) is 5.30. The van der Waals surface area contributed by atoms with Gasteiger partial charge in [0.15, 0.2) is 5.17 Å². The van der Waals surface area contributed by atoms with Crippen molar-refractivity contribution in [2.45, 2.75) is 13.1 Å². The zero-order valence-corrected chi connectivity index (χ0v) is 20.8. The number of hydrogen-bond acceptors (Lipinski definition) is 6. The minimum absolute atomic E-state index is 0.103. The number of nitrogens with zero attached hydrogens (tertiary/aromatic N) is 3. The second kappa shape index (κ2) is 9.95. The van der Waals surface area contributed by atoms with Crippen molar-refractivity contribution in [2.75, 3.05) is 0 Å². The summed E-state index contributed by atoms with van der Waals surface area (Å²) in [5.41, 5.74) is 2.55. The molecule has 4 heterocycles. The lowest BCUT2D eigenvalue weighted by Gasteiger charge is -2.13. The summed E-state index contributed by atoms with van der Waals surface area (Å²) in [6.07, 6.45) is 5.40. The first-order valence-electron chi connectivity index (χ1n) is 11.8. The molecule has 0 radical (unpaired) electrons. The van der Waals surface area contributed by atoms with Gasteiger partial charge in [0, 0.05) is 22.7 Å². The van der Waals surface area contributed by atoms with Crippen LogP contribution in [0.15, 0.2) is 110 Å². The number of benzene rings is 2. The number of hydrogen-bond donors (Lipinski definition) is 1. The molecule has 0 saturated carbocycles. The molecule has 6 rings (SSSR count). The van der Waals surface area contributed by atoms with Gasteiger partial charge >= 0.3 is 5.97 Å². The van der Waals surface area contributed by atoms with Crippen molar-refractivity contribution < 1.29 is 23.5 Å². The van der Waals surface area contributed by atoms with Crippen molar-refractivity contribution in [1.82, 2.24) is 9.47 Å². The number of aromatic nitrogens is 1. The fraction of sp³-hybridized carbons (Fsp3) is 0.0690. The molecule has 2 aromatic carbocycles. The third kappa shape index (κ3) is 4.67. The normalized spacial score (nSPS) is 15.8. The molecule has 3 aromatic heterocycles. The first-order chi connectivity index (χ1) is 18.5. The lowest BCUT2D eigenvalue weighted by Crippen LogP contribution is -2.28. The van der Waals surface area contributed by atoms with Crippen LogP contribution in [-0.4, -0.2) is 31.6 Å². The molecule has 0 spiro atoms. The summed E-state index contributed by atoms with van der Waals surface area (Å²) in [6, 6.07) is 24.1. The standard InChI is InChI=1S/C29H21N3O5S/c33-27-26(38-29(30-20-7-2-1-3-8-20)32(27)18-21-9-6-14-36-21)15-19-16-31(24-11-5-4-10-23(19)24)17-22-12-13-25(37-22)28(34)35/h1-16H,17-18H2,(H,34,35)/b26-15-,30-29?. The van der Waals surface area contributed by atoms with Gasteiger partial charge in [0.1, 0.15) is 11.5 Å². The number of furan rings is 2. The molecule has 188 valence electrons. The largest absolute Gasteiger partial charge is 0.475 e. The number of amides is 1. The number of thioether (sulfide) groups is 1. The number of aromatic carboxylic acids is 1. The van der Waals surface area contributed by atoms with E-state index in [1.807, 2.05) is 77.5 Å². The summed E-state index contributed by atoms with van der Waals surface area (Å²) >= 11 is 1.32. The molecule has 0 bridgehead atoms. The molecule has 0 unspecified atom stereocenters. The van der Waals surface area contributed by atoms with Crippen LogP contribution in [0.3, 0.4) is 0 Å². The van der Waals surface area contributed by atoms with E-state index in [-0.39, 0.29) is 18.2 Å². The van der Waals surface area contributed by atoms with Gasteiger partial charge in [-0.2, -0.15) is 0 Å². The molecular formula is C29H21N3O5S. The maximum atomic E-state index is 13.6. The summed E-state index contributed by atoms with van der Waals surface area (Å²) in [7, 11) is 0. The smallest absolute Gasteiger partial charge is 0.371 e. The molecule has 1 amide bonds. The number of carboxylic acid groups (broad SMARTS) is 1. The molecule has 1 aliphatic heterocycles. The summed E-state index contributed by atoms with van der Waals surface area (Å²) in [5, 5.41) is 10.7. The van der Waals surface area contributed by atoms with Gasteiger partial charge in [0.2, 0.25) is 5.76 Å². The van der Waals surface area contributed by atoms with Crippen molar-refractivity contribution in [3.05, 3.63) is 119 Å². The van der Waals surface area contributed by atoms with Crippen molar-refractivity contribution in [2.24, 2.45) is 4.99 Å². The van der Waals surface area contributed by atoms with Crippen LogP contribution in [0.1, 0.15) is 27.6 Å². The Morgan fingerprint density at radius 3 is 2.53 bits per heavy atom. The molecule has 1 fully saturated rings. The van der Waals surface area contributed by atoms with Gasteiger partial charge < -0.3 is 18.5 Å². The highest BCUT2D eigenvalue weighted by Gasteiger charge is 2.34. The van der Waals surface area contributed by atoms with Crippen LogP contribution in [-0.2, 0) is 17.9 Å². The Balaban J connectivity index is 1.37. The Kier molecular flexibility index (Phi) is 6.19. The van der Waals surface area contributed by atoms with Crippen LogP contribution in [0.2, 0.25) is 0 Å². The third-order valence-corrected chi connectivity index (χ3v) is 7.07. The number of carboxylic acids is 1. The number of carbonyl (C=O) groups excluding carboxylic acids is 1. The van der Waals surface area contributed by atoms with Gasteiger partial charge in [0.25, 0.3) is 5.91 Å². The Morgan fingerprint density at radius 2 is 1.76 bits per heavy atom. The first kappa shape index (κ1) is 23.6. The summed E-state index contributed by atoms with van der Waals surface area (Å²) in [5.74, 6) is -0.182. The predicted molar refractivity (Wildman–Crippen MR) is 145 cm³/mol. The van der Waals surface area contributed by atoms with Gasteiger partial charge in [-0.3, -0.25) is 9.69 Å². The SMILES string of the molecule is O=C(O)c1ccc(Cn2cc(/C=C3\SC(=Nc4ccccc4)N(Cc4ccco4)C3=O)c3ccccc32)o1. The molecular weight excluding hydrogens is 502 g/mol.